The van der Waals surface area contributed by atoms with Crippen LogP contribution < -0.4 is 5.73 Å². The molecule has 0 aromatic heterocycles. The summed E-state index contributed by atoms with van der Waals surface area (Å²) < 4.78 is 0. The molecular weight excluding hydrogens is 266 g/mol. The molecule has 0 bridgehead atoms. The first-order chi connectivity index (χ1) is 10.7. The highest BCUT2D eigenvalue weighted by Crippen LogP contribution is 2.28. The summed E-state index contributed by atoms with van der Waals surface area (Å²) in [5.74, 6) is 0.612. The lowest BCUT2D eigenvalue weighted by molar-refractivity contribution is 0.645. The first kappa shape index (κ1) is 16.5. The van der Waals surface area contributed by atoms with Gasteiger partial charge in [0.25, 0.3) is 0 Å². The van der Waals surface area contributed by atoms with Gasteiger partial charge >= 0.3 is 0 Å². The summed E-state index contributed by atoms with van der Waals surface area (Å²) in [7, 11) is 0. The number of allylic oxidation sites excluding steroid dienone is 6. The van der Waals surface area contributed by atoms with Crippen molar-refractivity contribution in [1.29, 1.82) is 0 Å². The van der Waals surface area contributed by atoms with Crippen LogP contribution in [0.25, 0.3) is 5.57 Å². The third-order valence-electron chi connectivity index (χ3n) is 4.09. The Morgan fingerprint density at radius 3 is 2.91 bits per heavy atom. The number of hydrogen-bond acceptors (Lipinski definition) is 1. The minimum absolute atomic E-state index is 0.612. The summed E-state index contributed by atoms with van der Waals surface area (Å²) in [6.07, 6.45) is 15.3. The molecule has 1 aliphatic carbocycles. The molecule has 116 valence electrons. The lowest BCUT2D eigenvalue weighted by Crippen LogP contribution is -2.01. The van der Waals surface area contributed by atoms with E-state index in [1.807, 2.05) is 0 Å². The molecule has 0 saturated heterocycles. The second-order valence-corrected chi connectivity index (χ2v) is 5.96. The topological polar surface area (TPSA) is 26.0 Å². The molecule has 1 unspecified atom stereocenters. The first-order valence-electron chi connectivity index (χ1n) is 8.23. The molecule has 1 nitrogen and oxygen atoms in total. The standard InChI is InChI=1S/C21H27N/c1-17-9-4-3-5-10-18(2)20(13-8-16-22)21-12-7-6-11-19(21)15-14-17/h4-7,9-13,17H,2-3,8,14-16,22H2,1H3/b9-4-,10-5-,20-13-. The van der Waals surface area contributed by atoms with Crippen molar-refractivity contribution in [3.8, 4) is 0 Å². The Labute approximate surface area is 134 Å². The summed E-state index contributed by atoms with van der Waals surface area (Å²) in [5, 5.41) is 0. The predicted molar refractivity (Wildman–Crippen MR) is 97.6 cm³/mol. The molecule has 0 heterocycles. The van der Waals surface area contributed by atoms with Gasteiger partial charge in [-0.1, -0.05) is 68.1 Å². The van der Waals surface area contributed by atoms with Crippen molar-refractivity contribution in [2.75, 3.05) is 6.54 Å². The quantitative estimate of drug-likeness (QED) is 0.758. The van der Waals surface area contributed by atoms with E-state index < -0.39 is 0 Å². The average Bonchev–Trinajstić information content (AvgIpc) is 2.53. The van der Waals surface area contributed by atoms with Crippen molar-refractivity contribution in [3.05, 3.63) is 77.9 Å². The van der Waals surface area contributed by atoms with Crippen LogP contribution in [-0.4, -0.2) is 6.54 Å². The molecule has 0 fully saturated rings. The van der Waals surface area contributed by atoms with E-state index >= 15 is 0 Å². The van der Waals surface area contributed by atoms with E-state index in [1.165, 1.54) is 23.1 Å². The van der Waals surface area contributed by atoms with Crippen LogP contribution in [0.15, 0.2) is 66.8 Å². The highest BCUT2D eigenvalue weighted by molar-refractivity contribution is 5.82. The number of hydrogen-bond donors (Lipinski definition) is 1. The van der Waals surface area contributed by atoms with Crippen LogP contribution in [0.3, 0.4) is 0 Å². The van der Waals surface area contributed by atoms with Crippen LogP contribution in [0.2, 0.25) is 0 Å². The molecule has 22 heavy (non-hydrogen) atoms. The number of nitrogens with two attached hydrogens (primary N) is 1. The lowest BCUT2D eigenvalue weighted by Gasteiger charge is -2.16. The third-order valence-corrected chi connectivity index (χ3v) is 4.09. The van der Waals surface area contributed by atoms with E-state index in [1.54, 1.807) is 0 Å². The van der Waals surface area contributed by atoms with Crippen LogP contribution in [0.4, 0.5) is 0 Å². The lowest BCUT2D eigenvalue weighted by atomic mass is 9.89. The van der Waals surface area contributed by atoms with Gasteiger partial charge in [-0.3, -0.25) is 0 Å². The van der Waals surface area contributed by atoms with Gasteiger partial charge in [0, 0.05) is 0 Å². The third kappa shape index (κ3) is 4.57. The molecule has 0 amide bonds. The van der Waals surface area contributed by atoms with Gasteiger partial charge in [-0.15, -0.1) is 0 Å². The fourth-order valence-corrected chi connectivity index (χ4v) is 2.81. The second-order valence-electron chi connectivity index (χ2n) is 5.96. The second kappa shape index (κ2) is 8.55. The van der Waals surface area contributed by atoms with E-state index in [9.17, 15) is 0 Å². The van der Waals surface area contributed by atoms with Gasteiger partial charge in [0.2, 0.25) is 0 Å². The van der Waals surface area contributed by atoms with Crippen molar-refractivity contribution >= 4 is 5.57 Å². The van der Waals surface area contributed by atoms with E-state index in [0.717, 1.165) is 24.8 Å². The Morgan fingerprint density at radius 2 is 2.09 bits per heavy atom. The number of fused-ring (bicyclic) bond motifs is 1. The monoisotopic (exact) mass is 293 g/mol. The maximum Gasteiger partial charge on any atom is -0.00423 e. The van der Waals surface area contributed by atoms with E-state index in [4.69, 9.17) is 5.73 Å². The van der Waals surface area contributed by atoms with Crippen LogP contribution in [0, 0.1) is 5.92 Å². The highest BCUT2D eigenvalue weighted by atomic mass is 14.5. The van der Waals surface area contributed by atoms with Crippen molar-refractivity contribution in [1.82, 2.24) is 0 Å². The molecule has 1 aromatic rings. The van der Waals surface area contributed by atoms with Crippen molar-refractivity contribution in [3.63, 3.8) is 0 Å². The molecule has 0 aliphatic heterocycles. The minimum atomic E-state index is 0.612. The number of aryl methyl sites for hydroxylation is 1. The molecule has 0 saturated carbocycles. The van der Waals surface area contributed by atoms with Gasteiger partial charge < -0.3 is 5.73 Å². The Kier molecular flexibility index (Phi) is 6.42. The summed E-state index contributed by atoms with van der Waals surface area (Å²) in [6, 6.07) is 8.69. The summed E-state index contributed by atoms with van der Waals surface area (Å²) in [5.41, 5.74) is 10.7. The SMILES string of the molecule is C=C1/C=C\C/C=C\C(C)CCc2ccccc2/C1=C\CCN. The summed E-state index contributed by atoms with van der Waals surface area (Å²) in [6.45, 7) is 7.23. The van der Waals surface area contributed by atoms with Crippen LogP contribution in [-0.2, 0) is 6.42 Å². The zero-order valence-electron chi connectivity index (χ0n) is 13.6. The van der Waals surface area contributed by atoms with Crippen molar-refractivity contribution < 1.29 is 0 Å². The van der Waals surface area contributed by atoms with Gasteiger partial charge in [-0.05, 0) is 60.4 Å². The van der Waals surface area contributed by atoms with Crippen molar-refractivity contribution in [2.45, 2.75) is 32.6 Å². The molecule has 2 N–H and O–H groups in total. The van der Waals surface area contributed by atoms with Crippen LogP contribution >= 0.6 is 0 Å². The Morgan fingerprint density at radius 1 is 1.27 bits per heavy atom. The maximum atomic E-state index is 5.70. The highest BCUT2D eigenvalue weighted by Gasteiger charge is 2.10. The van der Waals surface area contributed by atoms with E-state index in [-0.39, 0.29) is 0 Å². The van der Waals surface area contributed by atoms with Gasteiger partial charge in [-0.25, -0.2) is 0 Å². The van der Waals surface area contributed by atoms with E-state index in [0.29, 0.717) is 12.5 Å². The number of rotatable bonds is 2. The van der Waals surface area contributed by atoms with E-state index in [2.05, 4.69) is 68.1 Å². The Balaban J connectivity index is 2.44. The van der Waals surface area contributed by atoms with Gasteiger partial charge in [0.1, 0.15) is 0 Å². The van der Waals surface area contributed by atoms with Gasteiger partial charge in [0.05, 0.1) is 0 Å². The summed E-state index contributed by atoms with van der Waals surface area (Å²) in [4.78, 5) is 0. The molecule has 0 radical (unpaired) electrons. The fourth-order valence-electron chi connectivity index (χ4n) is 2.81. The fraction of sp³-hybridized carbons (Fsp3) is 0.333. The molecule has 1 heteroatoms. The zero-order chi connectivity index (χ0) is 15.8. The van der Waals surface area contributed by atoms with Crippen LogP contribution in [0.1, 0.15) is 37.3 Å². The zero-order valence-corrected chi connectivity index (χ0v) is 13.6. The first-order valence-corrected chi connectivity index (χ1v) is 8.23. The molecule has 1 aromatic carbocycles. The predicted octanol–water partition coefficient (Wildman–Crippen LogP) is 5.06. The van der Waals surface area contributed by atoms with Crippen LogP contribution in [0.5, 0.6) is 0 Å². The van der Waals surface area contributed by atoms with Gasteiger partial charge in [0.15, 0.2) is 0 Å². The maximum absolute atomic E-state index is 5.70. The molecular formula is C21H27N. The molecule has 2 rings (SSSR count). The number of benzene rings is 1. The minimum Gasteiger partial charge on any atom is -0.330 e. The Hall–Kier alpha value is -1.86. The summed E-state index contributed by atoms with van der Waals surface area (Å²) >= 11 is 0. The smallest absolute Gasteiger partial charge is 0.00423 e. The average molecular weight is 293 g/mol. The normalized spacial score (nSPS) is 24.2. The van der Waals surface area contributed by atoms with Crippen molar-refractivity contribution in [2.24, 2.45) is 11.7 Å². The molecule has 1 atom stereocenters. The molecule has 0 spiro atoms. The largest absolute Gasteiger partial charge is 0.330 e. The van der Waals surface area contributed by atoms with Gasteiger partial charge in [-0.2, -0.15) is 0 Å². The Bertz CT molecular complexity index is 590. The molecule has 1 aliphatic rings.